The third kappa shape index (κ3) is 5.33. The Morgan fingerprint density at radius 3 is 2.09 bits per heavy atom. The molecule has 0 heterocycles. The molecule has 1 aromatic rings. The Balaban J connectivity index is 3.18. The number of nitrogens with zero attached hydrogens (tertiary/aromatic N) is 1. The van der Waals surface area contributed by atoms with Crippen LogP contribution in [0.25, 0.3) is 0 Å². The lowest BCUT2D eigenvalue weighted by atomic mass is 9.97. The molecule has 0 aliphatic heterocycles. The largest absolute Gasteiger partial charge is 0.480 e. The first-order valence-electron chi connectivity index (χ1n) is 7.01. The zero-order chi connectivity index (χ0) is 17.8. The summed E-state index contributed by atoms with van der Waals surface area (Å²) in [6.07, 6.45) is 0. The highest BCUT2D eigenvalue weighted by Gasteiger charge is 2.30. The molecule has 2 N–H and O–H groups in total. The summed E-state index contributed by atoms with van der Waals surface area (Å²) in [7, 11) is -2.48. The van der Waals surface area contributed by atoms with Crippen LogP contribution in [0.4, 0.5) is 0 Å². The highest BCUT2D eigenvalue weighted by molar-refractivity contribution is 7.89. The molecule has 0 saturated heterocycles. The molecule has 0 unspecified atom stereocenters. The van der Waals surface area contributed by atoms with Crippen LogP contribution in [-0.4, -0.2) is 49.8 Å². The Morgan fingerprint density at radius 2 is 1.70 bits per heavy atom. The van der Waals surface area contributed by atoms with Gasteiger partial charge in [0.15, 0.2) is 0 Å². The van der Waals surface area contributed by atoms with Crippen LogP contribution in [0.2, 0.25) is 0 Å². The summed E-state index contributed by atoms with van der Waals surface area (Å²) in [5.41, 5.74) is -0.0723. The number of sulfonamides is 1. The van der Waals surface area contributed by atoms with Gasteiger partial charge in [0.1, 0.15) is 6.54 Å². The second-order valence-corrected chi connectivity index (χ2v) is 8.27. The Bertz CT molecular complexity index is 675. The van der Waals surface area contributed by atoms with Gasteiger partial charge in [-0.3, -0.25) is 9.59 Å². The summed E-state index contributed by atoms with van der Waals surface area (Å²) < 4.78 is 26.3. The van der Waals surface area contributed by atoms with Gasteiger partial charge in [0, 0.05) is 19.2 Å². The molecule has 0 saturated carbocycles. The predicted molar refractivity (Wildman–Crippen MR) is 85.7 cm³/mol. The molecule has 0 aliphatic rings. The highest BCUT2D eigenvalue weighted by atomic mass is 32.2. The Kier molecular flexibility index (Phi) is 5.90. The second-order valence-electron chi connectivity index (χ2n) is 6.33. The van der Waals surface area contributed by atoms with E-state index in [1.807, 2.05) is 20.8 Å². The zero-order valence-electron chi connectivity index (χ0n) is 13.7. The van der Waals surface area contributed by atoms with Crippen molar-refractivity contribution in [3.63, 3.8) is 0 Å². The number of benzene rings is 1. The van der Waals surface area contributed by atoms with Crippen LogP contribution in [-0.2, 0) is 14.8 Å². The number of rotatable bonds is 6. The fraction of sp³-hybridized carbons (Fsp3) is 0.467. The van der Waals surface area contributed by atoms with Crippen molar-refractivity contribution < 1.29 is 23.1 Å². The van der Waals surface area contributed by atoms with Crippen molar-refractivity contribution in [3.8, 4) is 0 Å². The van der Waals surface area contributed by atoms with E-state index in [9.17, 15) is 18.0 Å². The van der Waals surface area contributed by atoms with E-state index >= 15 is 0 Å². The van der Waals surface area contributed by atoms with Crippen molar-refractivity contribution in [1.82, 2.24) is 9.62 Å². The summed E-state index contributed by atoms with van der Waals surface area (Å²) in [6, 6.07) is 5.39. The van der Waals surface area contributed by atoms with Crippen LogP contribution in [0.1, 0.15) is 31.1 Å². The zero-order valence-corrected chi connectivity index (χ0v) is 14.5. The van der Waals surface area contributed by atoms with Crippen LogP contribution in [0, 0.1) is 5.41 Å². The van der Waals surface area contributed by atoms with E-state index in [4.69, 9.17) is 5.11 Å². The average molecular weight is 342 g/mol. The summed E-state index contributed by atoms with van der Waals surface area (Å²) in [6.45, 7) is 4.93. The minimum absolute atomic E-state index is 0.0457. The molecule has 0 aromatic heterocycles. The Labute approximate surface area is 136 Å². The van der Waals surface area contributed by atoms with Crippen LogP contribution >= 0.6 is 0 Å². The average Bonchev–Trinajstić information content (AvgIpc) is 2.44. The number of carboxylic acids is 1. The monoisotopic (exact) mass is 342 g/mol. The number of carbonyl (C=O) groups is 2. The van der Waals surface area contributed by atoms with Gasteiger partial charge in [0.25, 0.3) is 5.91 Å². The van der Waals surface area contributed by atoms with Crippen molar-refractivity contribution in [2.75, 3.05) is 20.1 Å². The second kappa shape index (κ2) is 7.10. The first-order valence-corrected chi connectivity index (χ1v) is 8.45. The number of amides is 1. The van der Waals surface area contributed by atoms with E-state index in [1.165, 1.54) is 31.3 Å². The van der Waals surface area contributed by atoms with Crippen molar-refractivity contribution in [2.45, 2.75) is 25.7 Å². The minimum Gasteiger partial charge on any atom is -0.480 e. The van der Waals surface area contributed by atoms with Gasteiger partial charge in [-0.05, 0) is 29.7 Å². The number of aliphatic carboxylic acids is 1. The smallest absolute Gasteiger partial charge is 0.318 e. The first-order chi connectivity index (χ1) is 10.5. The molecular weight excluding hydrogens is 320 g/mol. The lowest BCUT2D eigenvalue weighted by molar-refractivity contribution is -0.137. The normalized spacial score (nSPS) is 12.2. The number of carbonyl (C=O) groups excluding carboxylic acids is 1. The molecular formula is C15H22N2O5S. The number of hydrogen-bond donors (Lipinski definition) is 2. The molecule has 0 bridgehead atoms. The lowest BCUT2D eigenvalue weighted by Gasteiger charge is -2.28. The molecule has 8 heteroatoms. The van der Waals surface area contributed by atoms with Gasteiger partial charge < -0.3 is 10.4 Å². The fourth-order valence-corrected chi connectivity index (χ4v) is 3.59. The minimum atomic E-state index is -3.96. The molecule has 0 atom stereocenters. The van der Waals surface area contributed by atoms with Crippen LogP contribution in [0.15, 0.2) is 29.2 Å². The third-order valence-corrected chi connectivity index (χ3v) is 4.75. The lowest BCUT2D eigenvalue weighted by Crippen LogP contribution is -2.41. The molecule has 128 valence electrons. The van der Waals surface area contributed by atoms with Crippen molar-refractivity contribution in [3.05, 3.63) is 29.8 Å². The van der Waals surface area contributed by atoms with Gasteiger partial charge in [-0.1, -0.05) is 20.8 Å². The van der Waals surface area contributed by atoms with Crippen molar-refractivity contribution in [2.24, 2.45) is 5.41 Å². The van der Waals surface area contributed by atoms with E-state index in [0.29, 0.717) is 5.56 Å². The van der Waals surface area contributed by atoms with Crippen molar-refractivity contribution in [1.29, 1.82) is 0 Å². The van der Waals surface area contributed by atoms with Gasteiger partial charge in [0.05, 0.1) is 4.90 Å². The number of hydrogen-bond acceptors (Lipinski definition) is 4. The summed E-state index contributed by atoms with van der Waals surface area (Å²) >= 11 is 0. The molecule has 1 amide bonds. The maximum atomic E-state index is 12.7. The van der Waals surface area contributed by atoms with Crippen LogP contribution in [0.3, 0.4) is 0 Å². The fourth-order valence-electron chi connectivity index (χ4n) is 1.98. The third-order valence-electron chi connectivity index (χ3n) is 2.94. The number of nitrogens with one attached hydrogen (secondary N) is 1. The van der Waals surface area contributed by atoms with E-state index in [1.54, 1.807) is 0 Å². The predicted octanol–water partition coefficient (Wildman–Crippen LogP) is 1.17. The standard InChI is InChI=1S/C15H22N2O5S/c1-15(2,3)10-17(9-13(18)19)23(21,22)12-7-5-11(6-8-12)14(20)16-4/h5-8H,9-10H2,1-4H3,(H,16,20)(H,18,19). The molecule has 0 fully saturated rings. The Morgan fingerprint density at radius 1 is 1.17 bits per heavy atom. The van der Waals surface area contributed by atoms with Crippen LogP contribution < -0.4 is 5.32 Å². The first kappa shape index (κ1) is 19.1. The maximum Gasteiger partial charge on any atom is 0.318 e. The van der Waals surface area contributed by atoms with Gasteiger partial charge in [-0.2, -0.15) is 4.31 Å². The van der Waals surface area contributed by atoms with Gasteiger partial charge in [-0.15, -0.1) is 0 Å². The van der Waals surface area contributed by atoms with Gasteiger partial charge >= 0.3 is 5.97 Å². The molecule has 0 aliphatic carbocycles. The SMILES string of the molecule is CNC(=O)c1ccc(S(=O)(=O)N(CC(=O)O)CC(C)(C)C)cc1. The van der Waals surface area contributed by atoms with E-state index in [0.717, 1.165) is 4.31 Å². The highest BCUT2D eigenvalue weighted by Crippen LogP contribution is 2.22. The van der Waals surface area contributed by atoms with Crippen molar-refractivity contribution >= 4 is 21.9 Å². The molecule has 1 rings (SSSR count). The summed E-state index contributed by atoms with van der Waals surface area (Å²) in [4.78, 5) is 22.4. The molecule has 0 spiro atoms. The molecule has 0 radical (unpaired) electrons. The van der Waals surface area contributed by atoms with E-state index < -0.39 is 28.0 Å². The molecule has 1 aromatic carbocycles. The van der Waals surface area contributed by atoms with Crippen LogP contribution in [0.5, 0.6) is 0 Å². The molecule has 23 heavy (non-hydrogen) atoms. The topological polar surface area (TPSA) is 104 Å². The quantitative estimate of drug-likeness (QED) is 0.807. The summed E-state index contributed by atoms with van der Waals surface area (Å²) in [5.74, 6) is -1.55. The van der Waals surface area contributed by atoms with Gasteiger partial charge in [0.2, 0.25) is 10.0 Å². The summed E-state index contributed by atoms with van der Waals surface area (Å²) in [5, 5.41) is 11.4. The Hall–Kier alpha value is -1.93. The van der Waals surface area contributed by atoms with E-state index in [-0.39, 0.29) is 17.3 Å². The van der Waals surface area contributed by atoms with Gasteiger partial charge in [-0.25, -0.2) is 8.42 Å². The molecule has 7 nitrogen and oxygen atoms in total. The number of carboxylic acid groups (broad SMARTS) is 1. The maximum absolute atomic E-state index is 12.7. The van der Waals surface area contributed by atoms with E-state index in [2.05, 4.69) is 5.32 Å².